The molecule has 0 spiro atoms. The third-order valence-corrected chi connectivity index (χ3v) is 3.66. The molecule has 23 heavy (non-hydrogen) atoms. The normalized spacial score (nSPS) is 17.7. The Kier molecular flexibility index (Phi) is 4.87. The van der Waals surface area contributed by atoms with E-state index >= 15 is 0 Å². The standard InChI is InChI=1S/C16H19N5O2/c1-11-6-18-13(10-17-11)16(22)21-9-12-7-19-15(20-8-12)14-4-2-3-5-23-14/h6-8,10,14H,2-5,9H2,1H3,(H,21,22)/t14-/m0/s1. The molecule has 0 saturated carbocycles. The van der Waals surface area contributed by atoms with Gasteiger partial charge in [-0.25, -0.2) is 15.0 Å². The van der Waals surface area contributed by atoms with Crippen molar-refractivity contribution >= 4 is 5.91 Å². The smallest absolute Gasteiger partial charge is 0.271 e. The Bertz CT molecular complexity index is 651. The Hall–Kier alpha value is -2.41. The molecule has 0 aromatic carbocycles. The fraction of sp³-hybridized carbons (Fsp3) is 0.438. The molecule has 3 heterocycles. The van der Waals surface area contributed by atoms with Gasteiger partial charge in [0.2, 0.25) is 0 Å². The van der Waals surface area contributed by atoms with E-state index in [4.69, 9.17) is 4.74 Å². The minimum absolute atomic E-state index is 0.00442. The Labute approximate surface area is 134 Å². The zero-order valence-electron chi connectivity index (χ0n) is 13.0. The lowest BCUT2D eigenvalue weighted by atomic mass is 10.1. The maximum Gasteiger partial charge on any atom is 0.271 e. The Morgan fingerprint density at radius 3 is 2.65 bits per heavy atom. The number of carbonyl (C=O) groups excluding carboxylic acids is 1. The molecule has 120 valence electrons. The van der Waals surface area contributed by atoms with Crippen LogP contribution in [0.15, 0.2) is 24.8 Å². The summed E-state index contributed by atoms with van der Waals surface area (Å²) in [5, 5.41) is 2.78. The molecule has 1 aliphatic heterocycles. The number of aryl methyl sites for hydroxylation is 1. The molecule has 2 aromatic rings. The molecule has 1 aliphatic rings. The van der Waals surface area contributed by atoms with Crippen molar-refractivity contribution in [2.45, 2.75) is 38.8 Å². The number of ether oxygens (including phenoxy) is 1. The lowest BCUT2D eigenvalue weighted by molar-refractivity contribution is 0.00940. The first kappa shape index (κ1) is 15.5. The molecular weight excluding hydrogens is 294 g/mol. The number of carbonyl (C=O) groups is 1. The number of nitrogens with zero attached hydrogens (tertiary/aromatic N) is 4. The molecule has 1 amide bonds. The summed E-state index contributed by atoms with van der Waals surface area (Å²) in [7, 11) is 0. The zero-order chi connectivity index (χ0) is 16.1. The van der Waals surface area contributed by atoms with E-state index in [0.717, 1.165) is 37.1 Å². The van der Waals surface area contributed by atoms with Gasteiger partial charge in [0.25, 0.3) is 5.91 Å². The van der Waals surface area contributed by atoms with Crippen molar-refractivity contribution in [1.29, 1.82) is 0 Å². The molecule has 3 rings (SSSR count). The lowest BCUT2D eigenvalue weighted by Gasteiger charge is -2.21. The van der Waals surface area contributed by atoms with Gasteiger partial charge in [-0.05, 0) is 26.2 Å². The van der Waals surface area contributed by atoms with E-state index in [1.807, 2.05) is 6.92 Å². The van der Waals surface area contributed by atoms with Gasteiger partial charge in [0.15, 0.2) is 5.82 Å². The van der Waals surface area contributed by atoms with Crippen LogP contribution in [-0.2, 0) is 11.3 Å². The predicted octanol–water partition coefficient (Wildman–Crippen LogP) is 1.75. The van der Waals surface area contributed by atoms with E-state index in [1.165, 1.54) is 6.20 Å². The average Bonchev–Trinajstić information content (AvgIpc) is 2.61. The molecular formula is C16H19N5O2. The minimum atomic E-state index is -0.266. The highest BCUT2D eigenvalue weighted by atomic mass is 16.5. The molecule has 0 radical (unpaired) electrons. The monoisotopic (exact) mass is 313 g/mol. The average molecular weight is 313 g/mol. The highest BCUT2D eigenvalue weighted by molar-refractivity contribution is 5.91. The van der Waals surface area contributed by atoms with E-state index < -0.39 is 0 Å². The third kappa shape index (κ3) is 4.07. The Morgan fingerprint density at radius 1 is 1.17 bits per heavy atom. The van der Waals surface area contributed by atoms with Crippen molar-refractivity contribution in [1.82, 2.24) is 25.3 Å². The van der Waals surface area contributed by atoms with Crippen LogP contribution in [0.3, 0.4) is 0 Å². The maximum absolute atomic E-state index is 12.0. The summed E-state index contributed by atoms with van der Waals surface area (Å²) < 4.78 is 5.66. The van der Waals surface area contributed by atoms with Crippen LogP contribution in [0.25, 0.3) is 0 Å². The van der Waals surface area contributed by atoms with Crippen molar-refractivity contribution in [2.24, 2.45) is 0 Å². The van der Waals surface area contributed by atoms with Crippen LogP contribution in [0.4, 0.5) is 0 Å². The van der Waals surface area contributed by atoms with Crippen molar-refractivity contribution in [3.63, 3.8) is 0 Å². The second-order valence-corrected chi connectivity index (χ2v) is 5.53. The molecule has 0 bridgehead atoms. The number of aromatic nitrogens is 4. The first-order chi connectivity index (χ1) is 11.2. The summed E-state index contributed by atoms with van der Waals surface area (Å²) in [6.45, 7) is 2.94. The van der Waals surface area contributed by atoms with Crippen LogP contribution in [-0.4, -0.2) is 32.4 Å². The molecule has 1 N–H and O–H groups in total. The molecule has 7 heteroatoms. The molecule has 0 aliphatic carbocycles. The number of amides is 1. The quantitative estimate of drug-likeness (QED) is 0.925. The number of hydrogen-bond acceptors (Lipinski definition) is 6. The molecule has 1 fully saturated rings. The second-order valence-electron chi connectivity index (χ2n) is 5.53. The fourth-order valence-corrected chi connectivity index (χ4v) is 2.35. The van der Waals surface area contributed by atoms with Crippen LogP contribution in [0.5, 0.6) is 0 Å². The van der Waals surface area contributed by atoms with E-state index in [1.54, 1.807) is 18.6 Å². The van der Waals surface area contributed by atoms with Gasteiger partial charge in [-0.1, -0.05) is 0 Å². The van der Waals surface area contributed by atoms with Crippen LogP contribution in [0, 0.1) is 6.92 Å². The van der Waals surface area contributed by atoms with Gasteiger partial charge >= 0.3 is 0 Å². The van der Waals surface area contributed by atoms with E-state index in [9.17, 15) is 4.79 Å². The van der Waals surface area contributed by atoms with Gasteiger partial charge in [0.05, 0.1) is 11.9 Å². The van der Waals surface area contributed by atoms with Crippen molar-refractivity contribution in [3.8, 4) is 0 Å². The van der Waals surface area contributed by atoms with Crippen LogP contribution >= 0.6 is 0 Å². The minimum Gasteiger partial charge on any atom is -0.370 e. The maximum atomic E-state index is 12.0. The first-order valence-corrected chi connectivity index (χ1v) is 7.71. The van der Waals surface area contributed by atoms with Crippen LogP contribution < -0.4 is 5.32 Å². The molecule has 2 aromatic heterocycles. The zero-order valence-corrected chi connectivity index (χ0v) is 13.0. The number of nitrogens with one attached hydrogen (secondary N) is 1. The SMILES string of the molecule is Cc1cnc(C(=O)NCc2cnc([C@@H]3CCCCO3)nc2)cn1. The Balaban J connectivity index is 1.55. The van der Waals surface area contributed by atoms with Crippen LogP contribution in [0.1, 0.15) is 52.9 Å². The topological polar surface area (TPSA) is 89.9 Å². The molecule has 1 saturated heterocycles. The van der Waals surface area contributed by atoms with Gasteiger partial charge in [0.1, 0.15) is 11.8 Å². The largest absolute Gasteiger partial charge is 0.370 e. The predicted molar refractivity (Wildman–Crippen MR) is 82.5 cm³/mol. The third-order valence-electron chi connectivity index (χ3n) is 3.66. The summed E-state index contributed by atoms with van der Waals surface area (Å²) in [6.07, 6.45) is 9.67. The molecule has 0 unspecified atom stereocenters. The van der Waals surface area contributed by atoms with Gasteiger partial charge in [-0.15, -0.1) is 0 Å². The second kappa shape index (κ2) is 7.23. The molecule has 7 nitrogen and oxygen atoms in total. The fourth-order valence-electron chi connectivity index (χ4n) is 2.35. The summed E-state index contributed by atoms with van der Waals surface area (Å²) in [5.74, 6) is 0.446. The Morgan fingerprint density at radius 2 is 2.00 bits per heavy atom. The van der Waals surface area contributed by atoms with E-state index in [-0.39, 0.29) is 12.0 Å². The van der Waals surface area contributed by atoms with E-state index in [2.05, 4.69) is 25.3 Å². The first-order valence-electron chi connectivity index (χ1n) is 7.71. The van der Waals surface area contributed by atoms with Crippen molar-refractivity contribution in [3.05, 3.63) is 47.6 Å². The van der Waals surface area contributed by atoms with Crippen molar-refractivity contribution in [2.75, 3.05) is 6.61 Å². The highest BCUT2D eigenvalue weighted by Crippen LogP contribution is 2.24. The summed E-state index contributed by atoms with van der Waals surface area (Å²) in [4.78, 5) is 28.8. The van der Waals surface area contributed by atoms with Gasteiger partial charge in [0, 0.05) is 37.3 Å². The summed E-state index contributed by atoms with van der Waals surface area (Å²) in [5.41, 5.74) is 1.90. The van der Waals surface area contributed by atoms with Gasteiger partial charge in [-0.2, -0.15) is 0 Å². The van der Waals surface area contributed by atoms with E-state index in [0.29, 0.717) is 18.1 Å². The van der Waals surface area contributed by atoms with Gasteiger partial charge in [-0.3, -0.25) is 9.78 Å². The molecule has 1 atom stereocenters. The summed E-state index contributed by atoms with van der Waals surface area (Å²) >= 11 is 0. The number of rotatable bonds is 4. The lowest BCUT2D eigenvalue weighted by Crippen LogP contribution is -2.24. The van der Waals surface area contributed by atoms with Gasteiger partial charge < -0.3 is 10.1 Å². The number of hydrogen-bond donors (Lipinski definition) is 1. The highest BCUT2D eigenvalue weighted by Gasteiger charge is 2.18. The summed E-state index contributed by atoms with van der Waals surface area (Å²) in [6, 6.07) is 0. The van der Waals surface area contributed by atoms with Crippen LogP contribution in [0.2, 0.25) is 0 Å². The van der Waals surface area contributed by atoms with Crippen molar-refractivity contribution < 1.29 is 9.53 Å².